The third kappa shape index (κ3) is 3.80. The summed E-state index contributed by atoms with van der Waals surface area (Å²) in [5, 5.41) is 9.93. The van der Waals surface area contributed by atoms with Crippen molar-refractivity contribution in [1.29, 1.82) is 0 Å². The minimum atomic E-state index is -0.336. The molecule has 1 aromatic heterocycles. The van der Waals surface area contributed by atoms with Gasteiger partial charge in [-0.05, 0) is 24.6 Å². The quantitative estimate of drug-likeness (QED) is 0.831. The van der Waals surface area contributed by atoms with Gasteiger partial charge in [0, 0.05) is 12.1 Å². The van der Waals surface area contributed by atoms with E-state index in [0.717, 1.165) is 12.2 Å². The van der Waals surface area contributed by atoms with Crippen LogP contribution in [0.2, 0.25) is 0 Å². The highest BCUT2D eigenvalue weighted by atomic mass is 32.2. The van der Waals surface area contributed by atoms with Crippen LogP contribution in [0.25, 0.3) is 0 Å². The largest absolute Gasteiger partial charge is 0.325 e. The number of carbonyl (C=O) groups is 1. The number of aromatic amines is 1. The predicted octanol–water partition coefficient (Wildman–Crippen LogP) is 2.55. The van der Waals surface area contributed by atoms with Crippen molar-refractivity contribution in [2.45, 2.75) is 25.4 Å². The van der Waals surface area contributed by atoms with E-state index in [1.165, 1.54) is 17.8 Å². The van der Waals surface area contributed by atoms with Crippen molar-refractivity contribution in [1.82, 2.24) is 15.2 Å². The summed E-state index contributed by atoms with van der Waals surface area (Å²) in [6, 6.07) is 4.60. The lowest BCUT2D eigenvalue weighted by Crippen LogP contribution is -2.14. The Bertz CT molecular complexity index is 614. The van der Waals surface area contributed by atoms with Gasteiger partial charge in [-0.25, -0.2) is 9.37 Å². The molecular weight excluding hydrogens is 279 g/mol. The molecule has 0 unspecified atom stereocenters. The van der Waals surface area contributed by atoms with Crippen molar-refractivity contribution >= 4 is 23.4 Å². The van der Waals surface area contributed by atoms with E-state index in [1.54, 1.807) is 19.1 Å². The van der Waals surface area contributed by atoms with Crippen LogP contribution in [-0.2, 0) is 11.2 Å². The number of carbonyl (C=O) groups excluding carboxylic acids is 1. The van der Waals surface area contributed by atoms with E-state index in [2.05, 4.69) is 20.5 Å². The van der Waals surface area contributed by atoms with Crippen LogP contribution in [0.5, 0.6) is 0 Å². The van der Waals surface area contributed by atoms with Gasteiger partial charge in [0.25, 0.3) is 0 Å². The second kappa shape index (κ2) is 6.51. The third-order valence-corrected chi connectivity index (χ3v) is 3.48. The lowest BCUT2D eigenvalue weighted by molar-refractivity contribution is -0.113. The van der Waals surface area contributed by atoms with Gasteiger partial charge in [0.15, 0.2) is 0 Å². The van der Waals surface area contributed by atoms with E-state index >= 15 is 0 Å². The summed E-state index contributed by atoms with van der Waals surface area (Å²) >= 11 is 1.23. The molecule has 0 radical (unpaired) electrons. The number of hydrogen-bond donors (Lipinski definition) is 2. The first-order valence-corrected chi connectivity index (χ1v) is 7.17. The van der Waals surface area contributed by atoms with Gasteiger partial charge in [0.05, 0.1) is 5.75 Å². The van der Waals surface area contributed by atoms with Crippen molar-refractivity contribution in [3.8, 4) is 0 Å². The average molecular weight is 294 g/mol. The minimum absolute atomic E-state index is 0.177. The highest BCUT2D eigenvalue weighted by molar-refractivity contribution is 7.99. The van der Waals surface area contributed by atoms with Gasteiger partial charge in [0.2, 0.25) is 11.1 Å². The first-order chi connectivity index (χ1) is 9.58. The van der Waals surface area contributed by atoms with Gasteiger partial charge in [-0.1, -0.05) is 24.8 Å². The molecule has 2 rings (SSSR count). The third-order valence-electron chi connectivity index (χ3n) is 2.63. The van der Waals surface area contributed by atoms with Crippen LogP contribution in [0, 0.1) is 12.7 Å². The number of aromatic nitrogens is 3. The molecule has 0 aliphatic heterocycles. The van der Waals surface area contributed by atoms with Crippen LogP contribution >= 0.6 is 11.8 Å². The Morgan fingerprint density at radius 2 is 2.30 bits per heavy atom. The maximum atomic E-state index is 13.3. The molecule has 0 atom stereocenters. The van der Waals surface area contributed by atoms with E-state index in [0.29, 0.717) is 16.4 Å². The van der Waals surface area contributed by atoms with Crippen molar-refractivity contribution in [2.75, 3.05) is 11.1 Å². The number of rotatable bonds is 5. The van der Waals surface area contributed by atoms with Crippen LogP contribution in [0.1, 0.15) is 18.3 Å². The zero-order valence-corrected chi connectivity index (χ0v) is 12.1. The smallest absolute Gasteiger partial charge is 0.234 e. The molecule has 0 spiro atoms. The fourth-order valence-corrected chi connectivity index (χ4v) is 2.12. The number of amides is 1. The van der Waals surface area contributed by atoms with E-state index in [1.807, 2.05) is 6.92 Å². The topological polar surface area (TPSA) is 70.7 Å². The first kappa shape index (κ1) is 14.5. The van der Waals surface area contributed by atoms with Crippen LogP contribution in [0.15, 0.2) is 23.4 Å². The Hall–Kier alpha value is -1.89. The molecule has 1 aromatic carbocycles. The Labute approximate surface area is 120 Å². The predicted molar refractivity (Wildman–Crippen MR) is 76.3 cm³/mol. The molecule has 106 valence electrons. The standard InChI is InChI=1S/C13H15FN4OS/c1-3-11-16-13(18-17-11)20-7-12(19)15-9-5-4-8(2)10(14)6-9/h4-6H,3,7H2,1-2H3,(H,15,19)(H,16,17,18). The zero-order chi connectivity index (χ0) is 14.5. The van der Waals surface area contributed by atoms with Crippen molar-refractivity contribution in [2.24, 2.45) is 0 Å². The molecule has 7 heteroatoms. The van der Waals surface area contributed by atoms with Gasteiger partial charge in [-0.2, -0.15) is 0 Å². The molecule has 0 saturated carbocycles. The maximum absolute atomic E-state index is 13.3. The second-order valence-electron chi connectivity index (χ2n) is 4.22. The molecule has 0 aliphatic rings. The summed E-state index contributed by atoms with van der Waals surface area (Å²) in [6.07, 6.45) is 0.766. The Morgan fingerprint density at radius 1 is 1.50 bits per heavy atom. The second-order valence-corrected chi connectivity index (χ2v) is 5.16. The van der Waals surface area contributed by atoms with Crippen LogP contribution in [0.3, 0.4) is 0 Å². The number of hydrogen-bond acceptors (Lipinski definition) is 4. The lowest BCUT2D eigenvalue weighted by Gasteiger charge is -2.05. The summed E-state index contributed by atoms with van der Waals surface area (Å²) in [7, 11) is 0. The van der Waals surface area contributed by atoms with Crippen LogP contribution < -0.4 is 5.32 Å². The normalized spacial score (nSPS) is 10.6. The minimum Gasteiger partial charge on any atom is -0.325 e. The van der Waals surface area contributed by atoms with E-state index < -0.39 is 0 Å². The number of aryl methyl sites for hydroxylation is 2. The average Bonchev–Trinajstić information content (AvgIpc) is 2.89. The number of thioether (sulfide) groups is 1. The number of nitrogens with one attached hydrogen (secondary N) is 2. The number of H-pyrrole nitrogens is 1. The van der Waals surface area contributed by atoms with E-state index in [4.69, 9.17) is 0 Å². The summed E-state index contributed by atoms with van der Waals surface area (Å²) in [6.45, 7) is 3.64. The maximum Gasteiger partial charge on any atom is 0.234 e. The van der Waals surface area contributed by atoms with Crippen molar-refractivity contribution < 1.29 is 9.18 Å². The monoisotopic (exact) mass is 294 g/mol. The van der Waals surface area contributed by atoms with Gasteiger partial charge in [0.1, 0.15) is 11.6 Å². The summed E-state index contributed by atoms with van der Waals surface area (Å²) in [5.41, 5.74) is 0.994. The van der Waals surface area contributed by atoms with Crippen LogP contribution in [0.4, 0.5) is 10.1 Å². The van der Waals surface area contributed by atoms with Gasteiger partial charge in [-0.15, -0.1) is 5.10 Å². The van der Waals surface area contributed by atoms with Crippen LogP contribution in [-0.4, -0.2) is 26.8 Å². The summed E-state index contributed by atoms with van der Waals surface area (Å²) in [4.78, 5) is 15.9. The molecule has 0 bridgehead atoms. The molecule has 5 nitrogen and oxygen atoms in total. The van der Waals surface area contributed by atoms with Gasteiger partial charge in [-0.3, -0.25) is 9.89 Å². The fourth-order valence-electron chi connectivity index (χ4n) is 1.50. The van der Waals surface area contributed by atoms with Crippen molar-refractivity contribution in [3.63, 3.8) is 0 Å². The Kier molecular flexibility index (Phi) is 4.73. The summed E-state index contributed by atoms with van der Waals surface area (Å²) in [5.74, 6) is 0.405. The molecular formula is C13H15FN4OS. The number of halogens is 1. The SMILES string of the molecule is CCc1nc(SCC(=O)Nc2ccc(C)c(F)c2)n[nH]1. The molecule has 2 N–H and O–H groups in total. The number of nitrogens with zero attached hydrogens (tertiary/aromatic N) is 2. The first-order valence-electron chi connectivity index (χ1n) is 6.18. The van der Waals surface area contributed by atoms with E-state index in [9.17, 15) is 9.18 Å². The fraction of sp³-hybridized carbons (Fsp3) is 0.308. The molecule has 0 saturated heterocycles. The Balaban J connectivity index is 1.87. The molecule has 2 aromatic rings. The number of benzene rings is 1. The van der Waals surface area contributed by atoms with Crippen molar-refractivity contribution in [3.05, 3.63) is 35.4 Å². The number of anilines is 1. The zero-order valence-electron chi connectivity index (χ0n) is 11.2. The molecule has 1 amide bonds. The highest BCUT2D eigenvalue weighted by Gasteiger charge is 2.08. The molecule has 0 fully saturated rings. The van der Waals surface area contributed by atoms with E-state index in [-0.39, 0.29) is 17.5 Å². The Morgan fingerprint density at radius 3 is 2.95 bits per heavy atom. The molecule has 20 heavy (non-hydrogen) atoms. The highest BCUT2D eigenvalue weighted by Crippen LogP contribution is 2.16. The summed E-state index contributed by atoms with van der Waals surface area (Å²) < 4.78 is 13.3. The molecule has 0 aliphatic carbocycles. The van der Waals surface area contributed by atoms with Gasteiger partial charge < -0.3 is 5.32 Å². The lowest BCUT2D eigenvalue weighted by atomic mass is 10.2. The molecule has 1 heterocycles. The van der Waals surface area contributed by atoms with Gasteiger partial charge >= 0.3 is 0 Å².